The largest absolute Gasteiger partial charge is 0.388 e. The molecule has 0 aliphatic carbocycles. The maximum atomic E-state index is 10.8. The van der Waals surface area contributed by atoms with Gasteiger partial charge in [0.05, 0.1) is 18.3 Å². The molecule has 1 fully saturated rings. The van der Waals surface area contributed by atoms with Gasteiger partial charge in [0, 0.05) is 5.92 Å². The Balaban J connectivity index is 1.94. The van der Waals surface area contributed by atoms with Crippen LogP contribution in [0.5, 0.6) is 0 Å². The van der Waals surface area contributed by atoms with Crippen LogP contribution in [-0.4, -0.2) is 17.3 Å². The highest BCUT2D eigenvalue weighted by molar-refractivity contribution is 5.83. The molecule has 0 radical (unpaired) electrons. The first kappa shape index (κ1) is 13.6. The zero-order valence-corrected chi connectivity index (χ0v) is 12.3. The van der Waals surface area contributed by atoms with Crippen molar-refractivity contribution in [1.82, 2.24) is 0 Å². The van der Waals surface area contributed by atoms with Crippen LogP contribution in [-0.2, 0) is 4.74 Å². The van der Waals surface area contributed by atoms with Crippen LogP contribution in [0.1, 0.15) is 32.4 Å². The Kier molecular flexibility index (Phi) is 3.53. The minimum atomic E-state index is -0.463. The Morgan fingerprint density at radius 2 is 1.65 bits per heavy atom. The lowest BCUT2D eigenvalue weighted by atomic mass is 9.82. The van der Waals surface area contributed by atoms with Crippen LogP contribution in [0.2, 0.25) is 0 Å². The summed E-state index contributed by atoms with van der Waals surface area (Å²) in [6.07, 6.45) is -0.152. The predicted molar refractivity (Wildman–Crippen MR) is 81.6 cm³/mol. The van der Waals surface area contributed by atoms with E-state index in [-0.39, 0.29) is 18.1 Å². The molecule has 1 heterocycles. The normalized spacial score (nSPS) is 31.6. The van der Waals surface area contributed by atoms with Crippen LogP contribution < -0.4 is 0 Å². The fraction of sp³-hybridized carbons (Fsp3) is 0.444. The lowest BCUT2D eigenvalue weighted by Gasteiger charge is -2.25. The molecular formula is C18H22O2. The van der Waals surface area contributed by atoms with Crippen molar-refractivity contribution < 1.29 is 9.84 Å². The number of aliphatic hydroxyl groups is 1. The number of fused-ring (bicyclic) bond motifs is 1. The highest BCUT2D eigenvalue weighted by Gasteiger charge is 2.41. The quantitative estimate of drug-likeness (QED) is 0.896. The van der Waals surface area contributed by atoms with Gasteiger partial charge in [-0.05, 0) is 42.2 Å². The van der Waals surface area contributed by atoms with Gasteiger partial charge in [0.25, 0.3) is 0 Å². The molecule has 5 unspecified atom stereocenters. The van der Waals surface area contributed by atoms with Gasteiger partial charge in [0.1, 0.15) is 0 Å². The molecule has 106 valence electrons. The first-order chi connectivity index (χ1) is 9.58. The molecule has 1 N–H and O–H groups in total. The van der Waals surface area contributed by atoms with Gasteiger partial charge in [-0.3, -0.25) is 0 Å². The minimum absolute atomic E-state index is 0.0986. The molecule has 1 saturated heterocycles. The van der Waals surface area contributed by atoms with Gasteiger partial charge in [0.2, 0.25) is 0 Å². The molecule has 0 aromatic heterocycles. The van der Waals surface area contributed by atoms with Crippen molar-refractivity contribution in [2.45, 2.75) is 39.1 Å². The topological polar surface area (TPSA) is 29.5 Å². The fourth-order valence-corrected chi connectivity index (χ4v) is 3.45. The zero-order valence-electron chi connectivity index (χ0n) is 12.3. The van der Waals surface area contributed by atoms with Gasteiger partial charge in [-0.2, -0.15) is 0 Å². The van der Waals surface area contributed by atoms with E-state index >= 15 is 0 Å². The van der Waals surface area contributed by atoms with E-state index in [1.165, 1.54) is 10.8 Å². The summed E-state index contributed by atoms with van der Waals surface area (Å²) >= 11 is 0. The van der Waals surface area contributed by atoms with E-state index in [1.54, 1.807) is 0 Å². The molecule has 0 bridgehead atoms. The van der Waals surface area contributed by atoms with Gasteiger partial charge in [-0.1, -0.05) is 43.3 Å². The lowest BCUT2D eigenvalue weighted by Crippen LogP contribution is -2.24. The molecule has 1 aliphatic heterocycles. The van der Waals surface area contributed by atoms with E-state index in [0.717, 1.165) is 5.56 Å². The minimum Gasteiger partial charge on any atom is -0.388 e. The summed E-state index contributed by atoms with van der Waals surface area (Å²) in [6.45, 7) is 6.33. The molecule has 3 rings (SSSR count). The number of hydrogen-bond donors (Lipinski definition) is 1. The molecular weight excluding hydrogens is 248 g/mol. The van der Waals surface area contributed by atoms with Crippen LogP contribution >= 0.6 is 0 Å². The smallest absolute Gasteiger partial charge is 0.0846 e. The molecule has 2 aromatic carbocycles. The lowest BCUT2D eigenvalue weighted by molar-refractivity contribution is 0.0231. The van der Waals surface area contributed by atoms with Crippen molar-refractivity contribution in [2.24, 2.45) is 11.8 Å². The SMILES string of the molecule is CC1OC(C)C(C(O)c2ccc3ccccc3c2)C1C. The summed E-state index contributed by atoms with van der Waals surface area (Å²) in [7, 11) is 0. The van der Waals surface area contributed by atoms with Gasteiger partial charge in [0.15, 0.2) is 0 Å². The second-order valence-electron chi connectivity index (χ2n) is 6.03. The number of ether oxygens (including phenoxy) is 1. The molecule has 0 saturated carbocycles. The summed E-state index contributed by atoms with van der Waals surface area (Å²) < 4.78 is 5.86. The second kappa shape index (κ2) is 5.19. The van der Waals surface area contributed by atoms with Crippen LogP contribution in [0.3, 0.4) is 0 Å². The predicted octanol–water partition coefficient (Wildman–Crippen LogP) is 3.93. The third kappa shape index (κ3) is 2.23. The second-order valence-corrected chi connectivity index (χ2v) is 6.03. The van der Waals surface area contributed by atoms with E-state index in [0.29, 0.717) is 5.92 Å². The number of benzene rings is 2. The van der Waals surface area contributed by atoms with Crippen LogP contribution in [0.25, 0.3) is 10.8 Å². The molecule has 0 spiro atoms. The maximum absolute atomic E-state index is 10.8. The van der Waals surface area contributed by atoms with E-state index in [2.05, 4.69) is 45.0 Å². The van der Waals surface area contributed by atoms with Crippen LogP contribution in [0.15, 0.2) is 42.5 Å². The van der Waals surface area contributed by atoms with E-state index < -0.39 is 6.10 Å². The Labute approximate surface area is 120 Å². The summed E-state index contributed by atoms with van der Waals surface area (Å²) in [5.74, 6) is 0.526. The van der Waals surface area contributed by atoms with Gasteiger partial charge < -0.3 is 9.84 Å². The van der Waals surface area contributed by atoms with Crippen molar-refractivity contribution in [1.29, 1.82) is 0 Å². The molecule has 2 heteroatoms. The average molecular weight is 270 g/mol. The van der Waals surface area contributed by atoms with Crippen molar-refractivity contribution in [3.63, 3.8) is 0 Å². The molecule has 0 amide bonds. The number of rotatable bonds is 2. The third-order valence-corrected chi connectivity index (χ3v) is 4.80. The summed E-state index contributed by atoms with van der Waals surface area (Å²) in [5.41, 5.74) is 0.991. The van der Waals surface area contributed by atoms with E-state index in [9.17, 15) is 5.11 Å². The molecule has 1 aliphatic rings. The van der Waals surface area contributed by atoms with Gasteiger partial charge >= 0.3 is 0 Å². The number of hydrogen-bond acceptors (Lipinski definition) is 2. The Hall–Kier alpha value is -1.38. The number of aliphatic hydroxyl groups excluding tert-OH is 1. The Morgan fingerprint density at radius 3 is 2.30 bits per heavy atom. The summed E-state index contributed by atoms with van der Waals surface area (Å²) in [5, 5.41) is 13.1. The highest BCUT2D eigenvalue weighted by Crippen LogP contribution is 2.40. The van der Waals surface area contributed by atoms with Crippen molar-refractivity contribution in [3.05, 3.63) is 48.0 Å². The molecule has 20 heavy (non-hydrogen) atoms. The molecule has 5 atom stereocenters. The van der Waals surface area contributed by atoms with E-state index in [1.807, 2.05) is 18.2 Å². The standard InChI is InChI=1S/C18H22O2/c1-11-12(2)20-13(3)17(11)18(19)16-9-8-14-6-4-5-7-15(14)10-16/h4-13,17-19H,1-3H3. The summed E-state index contributed by atoms with van der Waals surface area (Å²) in [6, 6.07) is 14.5. The monoisotopic (exact) mass is 270 g/mol. The third-order valence-electron chi connectivity index (χ3n) is 4.80. The fourth-order valence-electron chi connectivity index (χ4n) is 3.45. The van der Waals surface area contributed by atoms with Gasteiger partial charge in [-0.25, -0.2) is 0 Å². The maximum Gasteiger partial charge on any atom is 0.0846 e. The Bertz CT molecular complexity index is 607. The molecule has 2 aromatic rings. The zero-order chi connectivity index (χ0) is 14.3. The van der Waals surface area contributed by atoms with Crippen molar-refractivity contribution in [2.75, 3.05) is 0 Å². The molecule has 2 nitrogen and oxygen atoms in total. The first-order valence-electron chi connectivity index (χ1n) is 7.40. The van der Waals surface area contributed by atoms with Crippen molar-refractivity contribution in [3.8, 4) is 0 Å². The van der Waals surface area contributed by atoms with Gasteiger partial charge in [-0.15, -0.1) is 0 Å². The average Bonchev–Trinajstić information content (AvgIpc) is 2.71. The van der Waals surface area contributed by atoms with Crippen LogP contribution in [0, 0.1) is 11.8 Å². The Morgan fingerprint density at radius 1 is 0.950 bits per heavy atom. The van der Waals surface area contributed by atoms with Crippen molar-refractivity contribution >= 4 is 10.8 Å². The summed E-state index contributed by atoms with van der Waals surface area (Å²) in [4.78, 5) is 0. The van der Waals surface area contributed by atoms with Crippen LogP contribution in [0.4, 0.5) is 0 Å². The van der Waals surface area contributed by atoms with E-state index in [4.69, 9.17) is 4.74 Å². The highest BCUT2D eigenvalue weighted by atomic mass is 16.5. The first-order valence-corrected chi connectivity index (χ1v) is 7.40.